The molecule has 6 heteroatoms. The molecule has 0 fully saturated rings. The van der Waals surface area contributed by atoms with Crippen LogP contribution in [0.25, 0.3) is 0 Å². The van der Waals surface area contributed by atoms with Crippen LogP contribution in [0.5, 0.6) is 0 Å². The van der Waals surface area contributed by atoms with Crippen LogP contribution in [0.2, 0.25) is 0 Å². The summed E-state index contributed by atoms with van der Waals surface area (Å²) in [6.45, 7) is 4.15. The second-order valence-electron chi connectivity index (χ2n) is 5.26. The van der Waals surface area contributed by atoms with Crippen molar-refractivity contribution in [1.82, 2.24) is 0 Å². The van der Waals surface area contributed by atoms with Gasteiger partial charge in [0.05, 0.1) is 4.90 Å². The molecule has 23 heavy (non-hydrogen) atoms. The van der Waals surface area contributed by atoms with Crippen LogP contribution in [0.1, 0.15) is 25.3 Å². The van der Waals surface area contributed by atoms with Gasteiger partial charge in [0, 0.05) is 0 Å². The molecule has 1 atom stereocenters. The molecule has 0 saturated carbocycles. The summed E-state index contributed by atoms with van der Waals surface area (Å²) in [6, 6.07) is 15.1. The fraction of sp³-hybridized carbons (Fsp3) is 0.294. The first-order chi connectivity index (χ1) is 10.4. The van der Waals surface area contributed by atoms with Crippen molar-refractivity contribution in [2.75, 3.05) is 6.16 Å². The molecule has 0 saturated heterocycles. The number of unbranched alkanes of at least 4 members (excludes halogenated alkanes) is 1. The maximum atomic E-state index is 11.4. The molecular weight excluding hydrogens is 338 g/mol. The second-order valence-corrected chi connectivity index (χ2v) is 8.99. The maximum absolute atomic E-state index is 11.4. The number of benzene rings is 2. The van der Waals surface area contributed by atoms with Gasteiger partial charge in [-0.2, -0.15) is 8.42 Å². The van der Waals surface area contributed by atoms with Crippen LogP contribution in [-0.4, -0.2) is 48.7 Å². The Bertz CT molecular complexity index is 733. The zero-order valence-corrected chi connectivity index (χ0v) is 14.6. The summed E-state index contributed by atoms with van der Waals surface area (Å²) >= 11 is 0. The molecule has 2 aromatic carbocycles. The number of hydrogen-bond acceptors (Lipinski definition) is 2. The van der Waals surface area contributed by atoms with Crippen LogP contribution in [-0.2, 0) is 10.1 Å². The van der Waals surface area contributed by atoms with Crippen LogP contribution in [0.3, 0.4) is 0 Å². The van der Waals surface area contributed by atoms with Gasteiger partial charge >= 0.3 is 29.6 Å². The standard InChI is InChI=1S/C17H21O3PS.Na.H/c1-3-4-12-21(15-8-6-5-7-9-15)17-13-16(22(18,19)20)11-10-14(17)2;;/h5-11,13H,3-4,12H2,1-2H3,(H,18,19,20);;. The zero-order valence-electron chi connectivity index (χ0n) is 12.9. The van der Waals surface area contributed by atoms with Gasteiger partial charge in [0.2, 0.25) is 0 Å². The van der Waals surface area contributed by atoms with E-state index in [0.29, 0.717) is 0 Å². The third-order valence-electron chi connectivity index (χ3n) is 3.57. The predicted octanol–water partition coefficient (Wildman–Crippen LogP) is 2.83. The molecule has 0 aliphatic carbocycles. The van der Waals surface area contributed by atoms with E-state index in [9.17, 15) is 13.0 Å². The van der Waals surface area contributed by atoms with E-state index < -0.39 is 18.0 Å². The fourth-order valence-corrected chi connectivity index (χ4v) is 5.68. The van der Waals surface area contributed by atoms with E-state index in [1.807, 2.05) is 25.1 Å². The van der Waals surface area contributed by atoms with Crippen molar-refractivity contribution in [3.63, 3.8) is 0 Å². The molecule has 2 aromatic rings. The molecule has 0 aliphatic heterocycles. The van der Waals surface area contributed by atoms with Crippen molar-refractivity contribution >= 4 is 58.2 Å². The minimum atomic E-state index is -4.17. The molecule has 0 heterocycles. The quantitative estimate of drug-likeness (QED) is 0.490. The SMILES string of the molecule is CCCCP(c1ccccc1)c1cc(S(=O)(=O)O)ccc1C.[NaH]. The zero-order chi connectivity index (χ0) is 16.2. The summed E-state index contributed by atoms with van der Waals surface area (Å²) in [5.41, 5.74) is 1.07. The van der Waals surface area contributed by atoms with E-state index in [1.165, 1.54) is 11.4 Å². The van der Waals surface area contributed by atoms with Crippen LogP contribution < -0.4 is 10.6 Å². The normalized spacial score (nSPS) is 12.5. The Kier molecular flexibility index (Phi) is 8.43. The molecular formula is C17H22NaO3PS. The average molecular weight is 360 g/mol. The molecule has 1 unspecified atom stereocenters. The molecule has 0 bridgehead atoms. The molecule has 120 valence electrons. The van der Waals surface area contributed by atoms with Crippen LogP contribution in [0.15, 0.2) is 53.4 Å². The van der Waals surface area contributed by atoms with E-state index in [4.69, 9.17) is 0 Å². The summed E-state index contributed by atoms with van der Waals surface area (Å²) in [5.74, 6) is 0. The van der Waals surface area contributed by atoms with Crippen molar-refractivity contribution in [3.8, 4) is 0 Å². The topological polar surface area (TPSA) is 54.4 Å². The fourth-order valence-electron chi connectivity index (χ4n) is 2.35. The van der Waals surface area contributed by atoms with Crippen molar-refractivity contribution in [2.24, 2.45) is 0 Å². The van der Waals surface area contributed by atoms with Gasteiger partial charge in [0.15, 0.2) is 0 Å². The van der Waals surface area contributed by atoms with Crippen molar-refractivity contribution in [2.45, 2.75) is 31.6 Å². The Hall–Kier alpha value is -0.220. The van der Waals surface area contributed by atoms with E-state index in [1.54, 1.807) is 12.1 Å². The second kappa shape index (κ2) is 9.31. The molecule has 1 N–H and O–H groups in total. The van der Waals surface area contributed by atoms with Crippen molar-refractivity contribution < 1.29 is 13.0 Å². The van der Waals surface area contributed by atoms with E-state index in [2.05, 4.69) is 19.1 Å². The van der Waals surface area contributed by atoms with E-state index in [0.717, 1.165) is 29.9 Å². The Morgan fingerprint density at radius 3 is 2.30 bits per heavy atom. The van der Waals surface area contributed by atoms with Gasteiger partial charge in [-0.25, -0.2) is 0 Å². The Labute approximate surface area is 162 Å². The summed E-state index contributed by atoms with van der Waals surface area (Å²) in [7, 11) is -4.78. The number of aryl methyl sites for hydroxylation is 1. The van der Waals surface area contributed by atoms with Crippen LogP contribution in [0, 0.1) is 6.92 Å². The van der Waals surface area contributed by atoms with Gasteiger partial charge in [-0.1, -0.05) is 49.7 Å². The van der Waals surface area contributed by atoms with Gasteiger partial charge in [-0.15, -0.1) is 0 Å². The van der Waals surface area contributed by atoms with Crippen LogP contribution >= 0.6 is 7.92 Å². The van der Waals surface area contributed by atoms with Gasteiger partial charge in [-0.05, 0) is 55.7 Å². The molecule has 0 aromatic heterocycles. The Morgan fingerprint density at radius 2 is 1.74 bits per heavy atom. The first-order valence-electron chi connectivity index (χ1n) is 7.34. The third-order valence-corrected chi connectivity index (χ3v) is 7.17. The molecule has 0 amide bonds. The first kappa shape index (κ1) is 20.8. The van der Waals surface area contributed by atoms with Gasteiger partial charge < -0.3 is 0 Å². The first-order valence-corrected chi connectivity index (χ1v) is 10.3. The minimum absolute atomic E-state index is 0. The molecule has 0 radical (unpaired) electrons. The van der Waals surface area contributed by atoms with Gasteiger partial charge in [0.1, 0.15) is 0 Å². The summed E-state index contributed by atoms with van der Waals surface area (Å²) < 4.78 is 32.2. The average Bonchev–Trinajstić information content (AvgIpc) is 2.49. The molecule has 0 spiro atoms. The summed E-state index contributed by atoms with van der Waals surface area (Å²) in [4.78, 5) is -0.0203. The summed E-state index contributed by atoms with van der Waals surface area (Å²) in [6.07, 6.45) is 3.21. The summed E-state index contributed by atoms with van der Waals surface area (Å²) in [5, 5.41) is 2.27. The van der Waals surface area contributed by atoms with E-state index in [-0.39, 0.29) is 34.5 Å². The third kappa shape index (κ3) is 5.67. The van der Waals surface area contributed by atoms with E-state index >= 15 is 0 Å². The Morgan fingerprint density at radius 1 is 1.09 bits per heavy atom. The number of hydrogen-bond donors (Lipinski definition) is 1. The molecule has 2 rings (SSSR count). The monoisotopic (exact) mass is 360 g/mol. The van der Waals surface area contributed by atoms with Crippen molar-refractivity contribution in [3.05, 3.63) is 54.1 Å². The molecule has 0 aliphatic rings. The molecule has 3 nitrogen and oxygen atoms in total. The predicted molar refractivity (Wildman–Crippen MR) is 101 cm³/mol. The Balaban J connectivity index is 0.00000264. The van der Waals surface area contributed by atoms with Crippen LogP contribution in [0.4, 0.5) is 0 Å². The van der Waals surface area contributed by atoms with Gasteiger partial charge in [0.25, 0.3) is 10.1 Å². The van der Waals surface area contributed by atoms with Crippen molar-refractivity contribution in [1.29, 1.82) is 0 Å². The number of rotatable bonds is 6. The van der Waals surface area contributed by atoms with Gasteiger partial charge in [-0.3, -0.25) is 4.55 Å².